The number of halogens is 1. The van der Waals surface area contributed by atoms with Crippen LogP contribution in [0, 0.1) is 19.8 Å². The Kier molecular flexibility index (Phi) is 5.22. The Morgan fingerprint density at radius 1 is 1.30 bits per heavy atom. The summed E-state index contributed by atoms with van der Waals surface area (Å²) >= 11 is 3.54. The summed E-state index contributed by atoms with van der Waals surface area (Å²) in [6, 6.07) is 4.34. The fraction of sp³-hybridized carbons (Fsp3) is 0.562. The van der Waals surface area contributed by atoms with Gasteiger partial charge in [-0.1, -0.05) is 15.9 Å². The standard InChI is InChI=1S/C16H22BrNO2/c1-11-8-14(17)9-12(2)15(11)10-18-6-4-13(5-7-18)16(19)20-3/h8-9,13H,4-7,10H2,1-3H3. The highest BCUT2D eigenvalue weighted by Gasteiger charge is 2.25. The predicted octanol–water partition coefficient (Wildman–Crippen LogP) is 3.45. The average Bonchev–Trinajstić information content (AvgIpc) is 2.42. The molecule has 0 radical (unpaired) electrons. The number of carbonyl (C=O) groups excluding carboxylic acids is 1. The quantitative estimate of drug-likeness (QED) is 0.790. The van der Waals surface area contributed by atoms with Crippen LogP contribution in [0.3, 0.4) is 0 Å². The molecule has 1 aliphatic heterocycles. The third kappa shape index (κ3) is 3.61. The van der Waals surface area contributed by atoms with E-state index in [1.165, 1.54) is 23.8 Å². The highest BCUT2D eigenvalue weighted by Crippen LogP contribution is 2.25. The summed E-state index contributed by atoms with van der Waals surface area (Å²) in [6.07, 6.45) is 1.81. The van der Waals surface area contributed by atoms with Crippen molar-refractivity contribution in [2.45, 2.75) is 33.2 Å². The third-order valence-electron chi connectivity index (χ3n) is 4.16. The van der Waals surface area contributed by atoms with Gasteiger partial charge in [0.1, 0.15) is 0 Å². The van der Waals surface area contributed by atoms with Gasteiger partial charge in [0.25, 0.3) is 0 Å². The van der Waals surface area contributed by atoms with Crippen LogP contribution in [0.1, 0.15) is 29.5 Å². The van der Waals surface area contributed by atoms with Gasteiger partial charge >= 0.3 is 5.97 Å². The Bertz CT molecular complexity index is 470. The largest absolute Gasteiger partial charge is 0.469 e. The topological polar surface area (TPSA) is 29.5 Å². The van der Waals surface area contributed by atoms with Crippen LogP contribution < -0.4 is 0 Å². The Morgan fingerprint density at radius 2 is 1.85 bits per heavy atom. The van der Waals surface area contributed by atoms with Crippen molar-refractivity contribution >= 4 is 21.9 Å². The number of hydrogen-bond acceptors (Lipinski definition) is 3. The third-order valence-corrected chi connectivity index (χ3v) is 4.62. The first kappa shape index (κ1) is 15.5. The molecule has 1 aromatic carbocycles. The number of hydrogen-bond donors (Lipinski definition) is 0. The second-order valence-corrected chi connectivity index (χ2v) is 6.51. The summed E-state index contributed by atoms with van der Waals surface area (Å²) < 4.78 is 5.97. The zero-order chi connectivity index (χ0) is 14.7. The van der Waals surface area contributed by atoms with Gasteiger partial charge in [0, 0.05) is 11.0 Å². The Hall–Kier alpha value is -0.870. The van der Waals surface area contributed by atoms with Crippen LogP contribution >= 0.6 is 15.9 Å². The van der Waals surface area contributed by atoms with E-state index >= 15 is 0 Å². The molecule has 0 aromatic heterocycles. The van der Waals surface area contributed by atoms with Gasteiger partial charge in [-0.2, -0.15) is 0 Å². The molecule has 20 heavy (non-hydrogen) atoms. The number of likely N-dealkylation sites (tertiary alicyclic amines) is 1. The van der Waals surface area contributed by atoms with E-state index in [4.69, 9.17) is 4.74 Å². The van der Waals surface area contributed by atoms with Gasteiger partial charge in [-0.05, 0) is 68.6 Å². The fourth-order valence-corrected chi connectivity index (χ4v) is 3.59. The Labute approximate surface area is 129 Å². The van der Waals surface area contributed by atoms with E-state index in [-0.39, 0.29) is 11.9 Å². The highest BCUT2D eigenvalue weighted by molar-refractivity contribution is 9.10. The summed E-state index contributed by atoms with van der Waals surface area (Å²) in [5, 5.41) is 0. The molecule has 3 nitrogen and oxygen atoms in total. The molecular weight excluding hydrogens is 318 g/mol. The van der Waals surface area contributed by atoms with Gasteiger partial charge in [-0.25, -0.2) is 0 Å². The van der Waals surface area contributed by atoms with Crippen molar-refractivity contribution in [2.24, 2.45) is 5.92 Å². The van der Waals surface area contributed by atoms with Crippen molar-refractivity contribution in [1.29, 1.82) is 0 Å². The highest BCUT2D eigenvalue weighted by atomic mass is 79.9. The first-order valence-corrected chi connectivity index (χ1v) is 7.86. The number of benzene rings is 1. The zero-order valence-corrected chi connectivity index (χ0v) is 14.0. The van der Waals surface area contributed by atoms with Crippen molar-refractivity contribution in [3.63, 3.8) is 0 Å². The number of piperidine rings is 1. The predicted molar refractivity (Wildman–Crippen MR) is 83.6 cm³/mol. The lowest BCUT2D eigenvalue weighted by atomic mass is 9.95. The van der Waals surface area contributed by atoms with Crippen molar-refractivity contribution in [3.05, 3.63) is 33.3 Å². The summed E-state index contributed by atoms with van der Waals surface area (Å²) in [4.78, 5) is 14.0. The molecule has 0 aliphatic carbocycles. The molecule has 0 N–H and O–H groups in total. The SMILES string of the molecule is COC(=O)C1CCN(Cc2c(C)cc(Br)cc2C)CC1. The van der Waals surface area contributed by atoms with Gasteiger partial charge in [-0.15, -0.1) is 0 Å². The molecule has 0 saturated carbocycles. The number of ether oxygens (including phenoxy) is 1. The molecule has 0 amide bonds. The summed E-state index contributed by atoms with van der Waals surface area (Å²) in [5.74, 6) is 0.0315. The summed E-state index contributed by atoms with van der Waals surface area (Å²) in [6.45, 7) is 7.23. The number of carbonyl (C=O) groups is 1. The minimum absolute atomic E-state index is 0.0550. The molecule has 1 heterocycles. The van der Waals surface area contributed by atoms with E-state index in [1.807, 2.05) is 0 Å². The normalized spacial score (nSPS) is 17.2. The van der Waals surface area contributed by atoms with E-state index < -0.39 is 0 Å². The molecule has 0 unspecified atom stereocenters. The first-order chi connectivity index (χ1) is 9.51. The molecule has 2 rings (SSSR count). The monoisotopic (exact) mass is 339 g/mol. The van der Waals surface area contributed by atoms with Crippen molar-refractivity contribution in [3.8, 4) is 0 Å². The van der Waals surface area contributed by atoms with Gasteiger partial charge in [0.2, 0.25) is 0 Å². The molecule has 1 aliphatic rings. The fourth-order valence-electron chi connectivity index (χ4n) is 2.91. The smallest absolute Gasteiger partial charge is 0.308 e. The van der Waals surface area contributed by atoms with Gasteiger partial charge in [0.05, 0.1) is 13.0 Å². The van der Waals surface area contributed by atoms with E-state index in [9.17, 15) is 4.79 Å². The maximum Gasteiger partial charge on any atom is 0.308 e. The van der Waals surface area contributed by atoms with Gasteiger partial charge < -0.3 is 4.74 Å². The lowest BCUT2D eigenvalue weighted by Crippen LogP contribution is -2.36. The number of esters is 1. The van der Waals surface area contributed by atoms with Gasteiger partial charge in [-0.3, -0.25) is 9.69 Å². The lowest BCUT2D eigenvalue weighted by Gasteiger charge is -2.31. The molecule has 4 heteroatoms. The van der Waals surface area contributed by atoms with Crippen LogP contribution in [0.15, 0.2) is 16.6 Å². The van der Waals surface area contributed by atoms with E-state index in [1.54, 1.807) is 0 Å². The second-order valence-electron chi connectivity index (χ2n) is 5.59. The second kappa shape index (κ2) is 6.72. The summed E-state index contributed by atoms with van der Waals surface area (Å²) in [5.41, 5.74) is 4.06. The molecule has 0 atom stereocenters. The van der Waals surface area contributed by atoms with Gasteiger partial charge in [0.15, 0.2) is 0 Å². The average molecular weight is 340 g/mol. The maximum atomic E-state index is 11.5. The minimum Gasteiger partial charge on any atom is -0.469 e. The van der Waals surface area contributed by atoms with Crippen LogP contribution in [-0.2, 0) is 16.1 Å². The molecule has 1 aromatic rings. The van der Waals surface area contributed by atoms with E-state index in [2.05, 4.69) is 46.8 Å². The molecule has 1 fully saturated rings. The number of nitrogens with zero attached hydrogens (tertiary/aromatic N) is 1. The van der Waals surface area contributed by atoms with Crippen molar-refractivity contribution < 1.29 is 9.53 Å². The van der Waals surface area contributed by atoms with E-state index in [0.29, 0.717) is 0 Å². The lowest BCUT2D eigenvalue weighted by molar-refractivity contribution is -0.147. The molecule has 0 spiro atoms. The molecular formula is C16H22BrNO2. The van der Waals surface area contributed by atoms with E-state index in [0.717, 1.165) is 36.9 Å². The van der Waals surface area contributed by atoms with Crippen LogP contribution in [-0.4, -0.2) is 31.1 Å². The first-order valence-electron chi connectivity index (χ1n) is 7.07. The Balaban J connectivity index is 1.98. The van der Waals surface area contributed by atoms with Crippen LogP contribution in [0.25, 0.3) is 0 Å². The number of methoxy groups -OCH3 is 1. The van der Waals surface area contributed by atoms with Crippen molar-refractivity contribution in [2.75, 3.05) is 20.2 Å². The Morgan fingerprint density at radius 3 is 2.35 bits per heavy atom. The maximum absolute atomic E-state index is 11.5. The van der Waals surface area contributed by atoms with Crippen LogP contribution in [0.2, 0.25) is 0 Å². The zero-order valence-electron chi connectivity index (χ0n) is 12.4. The molecule has 110 valence electrons. The minimum atomic E-state index is -0.0550. The number of aryl methyl sites for hydroxylation is 2. The number of rotatable bonds is 3. The molecule has 1 saturated heterocycles. The summed E-state index contributed by atoms with van der Waals surface area (Å²) in [7, 11) is 1.48. The van der Waals surface area contributed by atoms with Crippen LogP contribution in [0.5, 0.6) is 0 Å². The molecule has 0 bridgehead atoms. The van der Waals surface area contributed by atoms with Crippen molar-refractivity contribution in [1.82, 2.24) is 4.90 Å². The van der Waals surface area contributed by atoms with Crippen LogP contribution in [0.4, 0.5) is 0 Å².